The van der Waals surface area contributed by atoms with E-state index in [0.717, 1.165) is 16.9 Å². The molecule has 0 bridgehead atoms. The largest absolute Gasteiger partial charge is 0.457 e. The van der Waals surface area contributed by atoms with Gasteiger partial charge in [-0.05, 0) is 39.8 Å². The standard InChI is InChI=1S/C15H18N2O2/c1-11-16-12-7-5-6-8-13(12)17(11)10-9-14(18)19-15(2,3)4/h5-10H,1-4H3/b10-9+. The number of para-hydroxylation sites is 2. The van der Waals surface area contributed by atoms with Crippen molar-refractivity contribution in [3.8, 4) is 0 Å². The van der Waals surface area contributed by atoms with E-state index < -0.39 is 5.60 Å². The number of esters is 1. The quantitative estimate of drug-likeness (QED) is 0.614. The number of aromatic nitrogens is 2. The van der Waals surface area contributed by atoms with E-state index in [1.807, 2.05) is 56.5 Å². The number of hydrogen-bond donors (Lipinski definition) is 0. The molecular weight excluding hydrogens is 240 g/mol. The molecule has 0 spiro atoms. The fraction of sp³-hybridized carbons (Fsp3) is 0.333. The van der Waals surface area contributed by atoms with Gasteiger partial charge in [-0.1, -0.05) is 12.1 Å². The highest BCUT2D eigenvalue weighted by Crippen LogP contribution is 2.16. The van der Waals surface area contributed by atoms with Crippen LogP contribution in [0.15, 0.2) is 30.3 Å². The molecule has 2 aromatic rings. The van der Waals surface area contributed by atoms with Crippen LogP contribution in [0.3, 0.4) is 0 Å². The molecular formula is C15H18N2O2. The Morgan fingerprint density at radius 2 is 2.00 bits per heavy atom. The van der Waals surface area contributed by atoms with Crippen LogP contribution in [0.1, 0.15) is 26.6 Å². The summed E-state index contributed by atoms with van der Waals surface area (Å²) in [4.78, 5) is 16.1. The van der Waals surface area contributed by atoms with Crippen LogP contribution in [0, 0.1) is 6.92 Å². The minimum atomic E-state index is -0.479. The van der Waals surface area contributed by atoms with Gasteiger partial charge in [-0.2, -0.15) is 0 Å². The average Bonchev–Trinajstić information content (AvgIpc) is 2.60. The predicted molar refractivity (Wildman–Crippen MR) is 75.6 cm³/mol. The van der Waals surface area contributed by atoms with Gasteiger partial charge in [0.25, 0.3) is 0 Å². The van der Waals surface area contributed by atoms with Gasteiger partial charge in [-0.25, -0.2) is 9.78 Å². The van der Waals surface area contributed by atoms with Crippen molar-refractivity contribution in [3.63, 3.8) is 0 Å². The highest BCUT2D eigenvalue weighted by Gasteiger charge is 2.14. The molecule has 0 saturated heterocycles. The molecule has 0 fully saturated rings. The van der Waals surface area contributed by atoms with Crippen LogP contribution < -0.4 is 0 Å². The van der Waals surface area contributed by atoms with E-state index in [0.29, 0.717) is 0 Å². The summed E-state index contributed by atoms with van der Waals surface area (Å²) in [5.41, 5.74) is 1.40. The number of carbonyl (C=O) groups is 1. The Morgan fingerprint density at radius 3 is 2.68 bits per heavy atom. The number of carbonyl (C=O) groups excluding carboxylic acids is 1. The molecule has 2 rings (SSSR count). The maximum atomic E-state index is 11.7. The molecule has 0 atom stereocenters. The molecule has 0 aliphatic heterocycles. The molecule has 0 aliphatic rings. The van der Waals surface area contributed by atoms with E-state index in [-0.39, 0.29) is 5.97 Å². The van der Waals surface area contributed by atoms with Crippen LogP contribution in [-0.2, 0) is 9.53 Å². The zero-order chi connectivity index (χ0) is 14.0. The molecule has 0 unspecified atom stereocenters. The van der Waals surface area contributed by atoms with E-state index in [1.54, 1.807) is 6.20 Å². The van der Waals surface area contributed by atoms with Crippen LogP contribution >= 0.6 is 0 Å². The maximum absolute atomic E-state index is 11.7. The van der Waals surface area contributed by atoms with E-state index in [4.69, 9.17) is 4.74 Å². The number of aryl methyl sites for hydroxylation is 1. The first-order valence-electron chi connectivity index (χ1n) is 6.21. The first-order valence-corrected chi connectivity index (χ1v) is 6.21. The lowest BCUT2D eigenvalue weighted by molar-refractivity contribution is -0.148. The van der Waals surface area contributed by atoms with Gasteiger partial charge < -0.3 is 9.30 Å². The third kappa shape index (κ3) is 3.22. The first-order chi connectivity index (χ1) is 8.87. The lowest BCUT2D eigenvalue weighted by atomic mass is 10.2. The summed E-state index contributed by atoms with van der Waals surface area (Å²) in [5.74, 6) is 0.477. The van der Waals surface area contributed by atoms with E-state index >= 15 is 0 Å². The van der Waals surface area contributed by atoms with Gasteiger partial charge >= 0.3 is 5.97 Å². The molecule has 0 aliphatic carbocycles. The molecule has 0 saturated carbocycles. The third-order valence-electron chi connectivity index (χ3n) is 2.54. The van der Waals surface area contributed by atoms with E-state index in [2.05, 4.69) is 4.98 Å². The van der Waals surface area contributed by atoms with Crippen molar-refractivity contribution in [1.82, 2.24) is 9.55 Å². The normalized spacial score (nSPS) is 12.2. The van der Waals surface area contributed by atoms with Crippen molar-refractivity contribution in [2.45, 2.75) is 33.3 Å². The number of hydrogen-bond acceptors (Lipinski definition) is 3. The van der Waals surface area contributed by atoms with Crippen molar-refractivity contribution in [2.75, 3.05) is 0 Å². The van der Waals surface area contributed by atoms with Gasteiger partial charge in [0.1, 0.15) is 11.4 Å². The summed E-state index contributed by atoms with van der Waals surface area (Å²) in [6, 6.07) is 7.80. The third-order valence-corrected chi connectivity index (χ3v) is 2.54. The van der Waals surface area contributed by atoms with Crippen molar-refractivity contribution in [1.29, 1.82) is 0 Å². The van der Waals surface area contributed by atoms with Crippen LogP contribution in [-0.4, -0.2) is 21.1 Å². The second-order valence-electron chi connectivity index (χ2n) is 5.37. The van der Waals surface area contributed by atoms with Crippen LogP contribution in [0.2, 0.25) is 0 Å². The number of ether oxygens (including phenoxy) is 1. The Balaban J connectivity index is 2.26. The Labute approximate surface area is 112 Å². The first kappa shape index (κ1) is 13.3. The summed E-state index contributed by atoms with van der Waals surface area (Å²) in [7, 11) is 0. The highest BCUT2D eigenvalue weighted by atomic mass is 16.6. The molecule has 0 radical (unpaired) electrons. The van der Waals surface area contributed by atoms with E-state index in [1.165, 1.54) is 6.08 Å². The van der Waals surface area contributed by atoms with Crippen LogP contribution in [0.5, 0.6) is 0 Å². The number of fused-ring (bicyclic) bond motifs is 1. The molecule has 0 N–H and O–H groups in total. The number of imidazole rings is 1. The topological polar surface area (TPSA) is 44.1 Å². The van der Waals surface area contributed by atoms with E-state index in [9.17, 15) is 4.79 Å². The molecule has 1 aromatic carbocycles. The Morgan fingerprint density at radius 1 is 1.32 bits per heavy atom. The van der Waals surface area contributed by atoms with Crippen LogP contribution in [0.25, 0.3) is 17.2 Å². The second kappa shape index (κ2) is 4.88. The fourth-order valence-corrected chi connectivity index (χ4v) is 1.82. The summed E-state index contributed by atoms with van der Waals surface area (Å²) < 4.78 is 7.10. The SMILES string of the molecule is Cc1nc2ccccc2n1/C=C/C(=O)OC(C)(C)C. The van der Waals surface area contributed by atoms with Gasteiger partial charge in [0.15, 0.2) is 0 Å². The summed E-state index contributed by atoms with van der Waals surface area (Å²) >= 11 is 0. The lowest BCUT2D eigenvalue weighted by Gasteiger charge is -2.17. The van der Waals surface area contributed by atoms with Gasteiger partial charge in [-0.3, -0.25) is 0 Å². The minimum Gasteiger partial charge on any atom is -0.457 e. The monoisotopic (exact) mass is 258 g/mol. The Hall–Kier alpha value is -2.10. The zero-order valence-electron chi connectivity index (χ0n) is 11.7. The maximum Gasteiger partial charge on any atom is 0.332 e. The van der Waals surface area contributed by atoms with Gasteiger partial charge in [0, 0.05) is 12.3 Å². The van der Waals surface area contributed by atoms with Crippen molar-refractivity contribution in [2.24, 2.45) is 0 Å². The molecule has 100 valence electrons. The number of nitrogens with zero attached hydrogens (tertiary/aromatic N) is 2. The van der Waals surface area contributed by atoms with Gasteiger partial charge in [0.2, 0.25) is 0 Å². The Kier molecular flexibility index (Phi) is 3.42. The molecule has 4 heteroatoms. The second-order valence-corrected chi connectivity index (χ2v) is 5.37. The lowest BCUT2D eigenvalue weighted by Crippen LogP contribution is -2.22. The van der Waals surface area contributed by atoms with Crippen LogP contribution in [0.4, 0.5) is 0 Å². The van der Waals surface area contributed by atoms with Crippen molar-refractivity contribution < 1.29 is 9.53 Å². The molecule has 1 aromatic heterocycles. The number of benzene rings is 1. The Bertz CT molecular complexity index is 633. The summed E-state index contributed by atoms with van der Waals surface area (Å²) in [6.45, 7) is 7.43. The highest BCUT2D eigenvalue weighted by molar-refractivity contribution is 5.87. The molecule has 0 amide bonds. The summed E-state index contributed by atoms with van der Waals surface area (Å²) in [5, 5.41) is 0. The molecule has 1 heterocycles. The smallest absolute Gasteiger partial charge is 0.332 e. The minimum absolute atomic E-state index is 0.357. The van der Waals surface area contributed by atoms with Gasteiger partial charge in [-0.15, -0.1) is 0 Å². The van der Waals surface area contributed by atoms with Crippen molar-refractivity contribution >= 4 is 23.2 Å². The predicted octanol–water partition coefficient (Wildman–Crippen LogP) is 3.16. The molecule has 19 heavy (non-hydrogen) atoms. The number of rotatable bonds is 2. The van der Waals surface area contributed by atoms with Gasteiger partial charge in [0.05, 0.1) is 11.0 Å². The molecule has 4 nitrogen and oxygen atoms in total. The fourth-order valence-electron chi connectivity index (χ4n) is 1.82. The van der Waals surface area contributed by atoms with Crippen molar-refractivity contribution in [3.05, 3.63) is 36.2 Å². The average molecular weight is 258 g/mol. The summed E-state index contributed by atoms with van der Waals surface area (Å²) in [6.07, 6.45) is 3.12. The zero-order valence-corrected chi connectivity index (χ0v) is 11.7.